The summed E-state index contributed by atoms with van der Waals surface area (Å²) in [4.78, 5) is 12.2. The molecule has 142 valence electrons. The lowest BCUT2D eigenvalue weighted by Crippen LogP contribution is -2.38. The van der Waals surface area contributed by atoms with E-state index in [-0.39, 0.29) is 36.9 Å². The van der Waals surface area contributed by atoms with Gasteiger partial charge in [0.15, 0.2) is 17.3 Å². The Morgan fingerprint density at radius 3 is 2.88 bits per heavy atom. The SMILES string of the molecule is CCO[C@H]1OC(C(=O)NC)=C[C@@H](c2ccc3c(c2)OCO3)[C@@H]1CCCO. The van der Waals surface area contributed by atoms with E-state index in [9.17, 15) is 9.90 Å². The monoisotopic (exact) mass is 363 g/mol. The smallest absolute Gasteiger partial charge is 0.285 e. The van der Waals surface area contributed by atoms with Crippen LogP contribution in [0.1, 0.15) is 31.2 Å². The van der Waals surface area contributed by atoms with E-state index in [1.54, 1.807) is 7.05 Å². The van der Waals surface area contributed by atoms with Gasteiger partial charge < -0.3 is 29.4 Å². The summed E-state index contributed by atoms with van der Waals surface area (Å²) in [6.45, 7) is 2.66. The molecule has 0 saturated heterocycles. The quantitative estimate of drug-likeness (QED) is 0.770. The molecular formula is C19H25NO6. The molecule has 0 saturated carbocycles. The summed E-state index contributed by atoms with van der Waals surface area (Å²) in [6, 6.07) is 5.78. The fraction of sp³-hybridized carbons (Fsp3) is 0.526. The van der Waals surface area contributed by atoms with Crippen molar-refractivity contribution in [3.05, 3.63) is 35.6 Å². The molecule has 3 atom stereocenters. The number of aliphatic hydroxyl groups excluding tert-OH is 1. The Bertz CT molecular complexity index is 674. The molecule has 2 aliphatic heterocycles. The zero-order valence-corrected chi connectivity index (χ0v) is 15.1. The van der Waals surface area contributed by atoms with Crippen LogP contribution in [-0.4, -0.2) is 44.4 Å². The van der Waals surface area contributed by atoms with Gasteiger partial charge in [-0.1, -0.05) is 6.07 Å². The van der Waals surface area contributed by atoms with Crippen molar-refractivity contribution in [3.8, 4) is 11.5 Å². The zero-order chi connectivity index (χ0) is 18.5. The summed E-state index contributed by atoms with van der Waals surface area (Å²) in [5, 5.41) is 11.9. The molecule has 0 aromatic heterocycles. The van der Waals surface area contributed by atoms with Crippen LogP contribution in [0, 0.1) is 5.92 Å². The Morgan fingerprint density at radius 1 is 1.35 bits per heavy atom. The summed E-state index contributed by atoms with van der Waals surface area (Å²) in [7, 11) is 1.57. The van der Waals surface area contributed by atoms with Crippen molar-refractivity contribution in [3.63, 3.8) is 0 Å². The van der Waals surface area contributed by atoms with E-state index in [1.165, 1.54) is 0 Å². The predicted molar refractivity (Wildman–Crippen MR) is 93.8 cm³/mol. The number of nitrogens with one attached hydrogen (secondary N) is 1. The molecule has 0 bridgehead atoms. The maximum atomic E-state index is 12.2. The molecule has 2 heterocycles. The lowest BCUT2D eigenvalue weighted by Gasteiger charge is -2.37. The summed E-state index contributed by atoms with van der Waals surface area (Å²) in [5.74, 6) is 1.22. The molecule has 0 radical (unpaired) electrons. The van der Waals surface area contributed by atoms with Gasteiger partial charge in [0.25, 0.3) is 5.91 Å². The molecule has 26 heavy (non-hydrogen) atoms. The van der Waals surface area contributed by atoms with E-state index in [0.717, 1.165) is 5.56 Å². The number of allylic oxidation sites excluding steroid dienone is 1. The van der Waals surface area contributed by atoms with Gasteiger partial charge in [0.2, 0.25) is 13.1 Å². The first kappa shape index (κ1) is 18.5. The minimum Gasteiger partial charge on any atom is -0.459 e. The van der Waals surface area contributed by atoms with Crippen LogP contribution in [0.3, 0.4) is 0 Å². The van der Waals surface area contributed by atoms with Crippen molar-refractivity contribution < 1.29 is 28.8 Å². The number of benzene rings is 1. The fourth-order valence-electron chi connectivity index (χ4n) is 3.39. The van der Waals surface area contributed by atoms with Gasteiger partial charge in [0.1, 0.15) is 0 Å². The summed E-state index contributed by atoms with van der Waals surface area (Å²) < 4.78 is 22.5. The second-order valence-corrected chi connectivity index (χ2v) is 6.22. The van der Waals surface area contributed by atoms with E-state index in [0.29, 0.717) is 30.9 Å². The number of hydrogen-bond acceptors (Lipinski definition) is 6. The molecule has 1 aromatic rings. The first-order valence-electron chi connectivity index (χ1n) is 8.90. The van der Waals surface area contributed by atoms with Gasteiger partial charge in [-0.3, -0.25) is 4.79 Å². The normalized spacial score (nSPS) is 24.0. The third kappa shape index (κ3) is 3.78. The first-order chi connectivity index (χ1) is 12.7. The summed E-state index contributed by atoms with van der Waals surface area (Å²) in [5.41, 5.74) is 0.992. The van der Waals surface area contributed by atoms with E-state index in [2.05, 4.69) is 5.32 Å². The van der Waals surface area contributed by atoms with Crippen LogP contribution in [0.4, 0.5) is 0 Å². The van der Waals surface area contributed by atoms with E-state index in [1.807, 2.05) is 31.2 Å². The highest BCUT2D eigenvalue weighted by Gasteiger charge is 2.38. The molecule has 7 nitrogen and oxygen atoms in total. The Morgan fingerprint density at radius 2 is 2.15 bits per heavy atom. The average molecular weight is 363 g/mol. The zero-order valence-electron chi connectivity index (χ0n) is 15.1. The standard InChI is InChI=1S/C19H25NO6/c1-3-23-19-13(5-4-8-21)14(10-17(26-19)18(22)20-2)12-6-7-15-16(9-12)25-11-24-15/h6-7,9-10,13-14,19,21H,3-5,8,11H2,1-2H3,(H,20,22)/t13-,14-,19-/m0/s1. The average Bonchev–Trinajstić information content (AvgIpc) is 3.13. The maximum absolute atomic E-state index is 12.2. The lowest BCUT2D eigenvalue weighted by atomic mass is 9.80. The van der Waals surface area contributed by atoms with Crippen LogP contribution < -0.4 is 14.8 Å². The molecule has 2 N–H and O–H groups in total. The number of carbonyl (C=O) groups is 1. The van der Waals surface area contributed by atoms with Crippen LogP contribution >= 0.6 is 0 Å². The number of hydrogen-bond donors (Lipinski definition) is 2. The van der Waals surface area contributed by atoms with Crippen LogP contribution in [0.5, 0.6) is 11.5 Å². The number of fused-ring (bicyclic) bond motifs is 1. The number of likely N-dealkylation sites (N-methyl/N-ethyl adjacent to an activating group) is 1. The van der Waals surface area contributed by atoms with Gasteiger partial charge in [-0.15, -0.1) is 0 Å². The highest BCUT2D eigenvalue weighted by atomic mass is 16.7. The van der Waals surface area contributed by atoms with Crippen molar-refractivity contribution in [2.24, 2.45) is 5.92 Å². The molecule has 1 amide bonds. The van der Waals surface area contributed by atoms with Crippen LogP contribution in [0.25, 0.3) is 0 Å². The molecule has 0 aliphatic carbocycles. The van der Waals surface area contributed by atoms with E-state index >= 15 is 0 Å². The van der Waals surface area contributed by atoms with E-state index < -0.39 is 6.29 Å². The number of ether oxygens (including phenoxy) is 4. The molecular weight excluding hydrogens is 338 g/mol. The van der Waals surface area contributed by atoms with Crippen molar-refractivity contribution in [2.45, 2.75) is 32.0 Å². The van der Waals surface area contributed by atoms with Crippen LogP contribution in [0.2, 0.25) is 0 Å². The molecule has 2 aliphatic rings. The Balaban J connectivity index is 1.98. The predicted octanol–water partition coefficient (Wildman–Crippen LogP) is 1.91. The summed E-state index contributed by atoms with van der Waals surface area (Å²) in [6.07, 6.45) is 2.60. The number of amides is 1. The van der Waals surface area contributed by atoms with Crippen LogP contribution in [-0.2, 0) is 14.3 Å². The second-order valence-electron chi connectivity index (χ2n) is 6.22. The minimum atomic E-state index is -0.556. The van der Waals surface area contributed by atoms with Gasteiger partial charge in [-0.05, 0) is 43.5 Å². The summed E-state index contributed by atoms with van der Waals surface area (Å²) >= 11 is 0. The van der Waals surface area contributed by atoms with Gasteiger partial charge in [0, 0.05) is 32.1 Å². The molecule has 0 spiro atoms. The Kier molecular flexibility index (Phi) is 6.00. The Labute approximate surface area is 152 Å². The molecule has 0 unspecified atom stereocenters. The number of carbonyl (C=O) groups excluding carboxylic acids is 1. The molecule has 3 rings (SSSR count). The largest absolute Gasteiger partial charge is 0.459 e. The maximum Gasteiger partial charge on any atom is 0.285 e. The molecule has 0 fully saturated rings. The van der Waals surface area contributed by atoms with Gasteiger partial charge in [0.05, 0.1) is 0 Å². The van der Waals surface area contributed by atoms with Gasteiger partial charge in [-0.25, -0.2) is 0 Å². The first-order valence-corrected chi connectivity index (χ1v) is 8.90. The highest BCUT2D eigenvalue weighted by Crippen LogP contribution is 2.42. The van der Waals surface area contributed by atoms with Crippen molar-refractivity contribution >= 4 is 5.91 Å². The highest BCUT2D eigenvalue weighted by molar-refractivity contribution is 5.91. The number of aliphatic hydroxyl groups is 1. The van der Waals surface area contributed by atoms with Crippen LogP contribution in [0.15, 0.2) is 30.0 Å². The van der Waals surface area contributed by atoms with E-state index in [4.69, 9.17) is 18.9 Å². The molecule has 7 heteroatoms. The topological polar surface area (TPSA) is 86.3 Å². The van der Waals surface area contributed by atoms with Gasteiger partial charge >= 0.3 is 0 Å². The molecule has 1 aromatic carbocycles. The second kappa shape index (κ2) is 8.42. The Hall–Kier alpha value is -2.25. The minimum absolute atomic E-state index is 0.0316. The van der Waals surface area contributed by atoms with Crippen molar-refractivity contribution in [2.75, 3.05) is 27.1 Å². The third-order valence-electron chi connectivity index (χ3n) is 4.64. The van der Waals surface area contributed by atoms with Crippen molar-refractivity contribution in [1.29, 1.82) is 0 Å². The third-order valence-corrected chi connectivity index (χ3v) is 4.64. The number of rotatable bonds is 7. The van der Waals surface area contributed by atoms with Crippen molar-refractivity contribution in [1.82, 2.24) is 5.32 Å². The fourth-order valence-corrected chi connectivity index (χ4v) is 3.39. The lowest BCUT2D eigenvalue weighted by molar-refractivity contribution is -0.166. The van der Waals surface area contributed by atoms with Gasteiger partial charge in [-0.2, -0.15) is 0 Å².